The average molecular weight is 319 g/mol. The molecule has 3 N–H and O–H groups in total. The topological polar surface area (TPSA) is 81.4 Å². The van der Waals surface area contributed by atoms with Gasteiger partial charge >= 0.3 is 5.97 Å². The van der Waals surface area contributed by atoms with Crippen molar-refractivity contribution in [2.24, 2.45) is 0 Å². The number of aryl methyl sites for hydroxylation is 1. The van der Waals surface area contributed by atoms with Gasteiger partial charge < -0.3 is 15.8 Å². The first-order chi connectivity index (χ1) is 10.5. The number of hydrogen-bond donors (Lipinski definition) is 2. The lowest BCUT2D eigenvalue weighted by Gasteiger charge is -2.08. The van der Waals surface area contributed by atoms with E-state index in [2.05, 4.69) is 5.32 Å². The van der Waals surface area contributed by atoms with Gasteiger partial charge in [-0.3, -0.25) is 4.79 Å². The molecule has 0 saturated carbocycles. The van der Waals surface area contributed by atoms with E-state index in [0.29, 0.717) is 22.0 Å². The van der Waals surface area contributed by atoms with Gasteiger partial charge in [0.15, 0.2) is 6.61 Å². The summed E-state index contributed by atoms with van der Waals surface area (Å²) < 4.78 is 4.94. The van der Waals surface area contributed by atoms with E-state index in [9.17, 15) is 9.59 Å². The third-order valence-electron chi connectivity index (χ3n) is 2.90. The molecule has 0 unspecified atom stereocenters. The zero-order valence-electron chi connectivity index (χ0n) is 11.9. The summed E-state index contributed by atoms with van der Waals surface area (Å²) in [5.74, 6) is -1.03. The molecule has 6 heteroatoms. The highest BCUT2D eigenvalue weighted by molar-refractivity contribution is 6.31. The third kappa shape index (κ3) is 4.23. The summed E-state index contributed by atoms with van der Waals surface area (Å²) in [6.45, 7) is 1.45. The fraction of sp³-hybridized carbons (Fsp3) is 0.125. The number of halogens is 1. The lowest BCUT2D eigenvalue weighted by Crippen LogP contribution is -2.21. The van der Waals surface area contributed by atoms with Crippen LogP contribution in [-0.4, -0.2) is 18.5 Å². The molecule has 0 spiro atoms. The van der Waals surface area contributed by atoms with Crippen molar-refractivity contribution < 1.29 is 14.3 Å². The first-order valence-electron chi connectivity index (χ1n) is 6.54. The summed E-state index contributed by atoms with van der Waals surface area (Å²) in [6, 6.07) is 11.5. The molecular formula is C16H15ClN2O3. The Hall–Kier alpha value is -2.53. The number of esters is 1. The number of amides is 1. The fourth-order valence-electron chi connectivity index (χ4n) is 1.80. The van der Waals surface area contributed by atoms with E-state index in [1.807, 2.05) is 6.92 Å². The van der Waals surface area contributed by atoms with Crippen molar-refractivity contribution in [1.82, 2.24) is 0 Å². The largest absolute Gasteiger partial charge is 0.452 e. The van der Waals surface area contributed by atoms with Crippen molar-refractivity contribution in [3.8, 4) is 0 Å². The number of carbonyl (C=O) groups excluding carboxylic acids is 2. The van der Waals surface area contributed by atoms with E-state index in [0.717, 1.165) is 5.56 Å². The van der Waals surface area contributed by atoms with Gasteiger partial charge in [-0.25, -0.2) is 4.79 Å². The standard InChI is InChI=1S/C16H15ClN2O3/c1-10-7-13(5-6-14(10)17)19-15(20)9-22-16(21)11-3-2-4-12(18)8-11/h2-8H,9,18H2,1H3,(H,19,20). The van der Waals surface area contributed by atoms with Gasteiger partial charge in [-0.05, 0) is 48.9 Å². The maximum atomic E-state index is 11.8. The van der Waals surface area contributed by atoms with Crippen LogP contribution in [0, 0.1) is 6.92 Å². The molecule has 0 radical (unpaired) electrons. The van der Waals surface area contributed by atoms with Crippen LogP contribution in [0.3, 0.4) is 0 Å². The number of nitrogen functional groups attached to an aromatic ring is 1. The van der Waals surface area contributed by atoms with E-state index in [4.69, 9.17) is 22.1 Å². The van der Waals surface area contributed by atoms with Gasteiger partial charge in [-0.1, -0.05) is 17.7 Å². The van der Waals surface area contributed by atoms with Crippen molar-refractivity contribution in [3.05, 3.63) is 58.6 Å². The van der Waals surface area contributed by atoms with Crippen molar-refractivity contribution >= 4 is 34.9 Å². The summed E-state index contributed by atoms with van der Waals surface area (Å²) in [4.78, 5) is 23.5. The van der Waals surface area contributed by atoms with Gasteiger partial charge in [0.2, 0.25) is 0 Å². The fourth-order valence-corrected chi connectivity index (χ4v) is 1.92. The summed E-state index contributed by atoms with van der Waals surface area (Å²) in [6.07, 6.45) is 0. The van der Waals surface area contributed by atoms with Crippen LogP contribution in [-0.2, 0) is 9.53 Å². The average Bonchev–Trinajstić information content (AvgIpc) is 2.48. The minimum Gasteiger partial charge on any atom is -0.452 e. The van der Waals surface area contributed by atoms with Crippen LogP contribution in [0.25, 0.3) is 0 Å². The molecule has 2 aromatic carbocycles. The van der Waals surface area contributed by atoms with Crippen LogP contribution < -0.4 is 11.1 Å². The number of hydrogen-bond acceptors (Lipinski definition) is 4. The normalized spacial score (nSPS) is 10.1. The smallest absolute Gasteiger partial charge is 0.338 e. The number of benzene rings is 2. The zero-order chi connectivity index (χ0) is 16.1. The van der Waals surface area contributed by atoms with Gasteiger partial charge in [0.25, 0.3) is 5.91 Å². The summed E-state index contributed by atoms with van der Waals surface area (Å²) >= 11 is 5.91. The molecule has 2 aromatic rings. The predicted octanol–water partition coefficient (Wildman–Crippen LogP) is 3.03. The van der Waals surface area contributed by atoms with Crippen LogP contribution in [0.5, 0.6) is 0 Å². The molecule has 2 rings (SSSR count). The number of anilines is 2. The Bertz CT molecular complexity index is 716. The van der Waals surface area contributed by atoms with Gasteiger partial charge in [0.05, 0.1) is 5.56 Å². The number of nitrogens with one attached hydrogen (secondary N) is 1. The minimum atomic E-state index is -0.602. The Morgan fingerprint density at radius 3 is 2.68 bits per heavy atom. The van der Waals surface area contributed by atoms with Crippen LogP contribution >= 0.6 is 11.6 Å². The molecule has 0 fully saturated rings. The Morgan fingerprint density at radius 1 is 1.23 bits per heavy atom. The lowest BCUT2D eigenvalue weighted by atomic mass is 10.2. The Kier molecular flexibility index (Phi) is 5.01. The summed E-state index contributed by atoms with van der Waals surface area (Å²) in [5, 5.41) is 3.25. The number of nitrogens with two attached hydrogens (primary N) is 1. The van der Waals surface area contributed by atoms with Crippen LogP contribution in [0.15, 0.2) is 42.5 Å². The van der Waals surface area contributed by atoms with E-state index >= 15 is 0 Å². The van der Waals surface area contributed by atoms with E-state index < -0.39 is 11.9 Å². The predicted molar refractivity (Wildman–Crippen MR) is 86.0 cm³/mol. The highest BCUT2D eigenvalue weighted by atomic mass is 35.5. The Labute approximate surface area is 133 Å². The van der Waals surface area contributed by atoms with Crippen molar-refractivity contribution in [2.75, 3.05) is 17.7 Å². The maximum Gasteiger partial charge on any atom is 0.338 e. The summed E-state index contributed by atoms with van der Waals surface area (Å²) in [7, 11) is 0. The molecule has 0 saturated heterocycles. The molecule has 0 aliphatic carbocycles. The van der Waals surface area contributed by atoms with Crippen molar-refractivity contribution in [2.45, 2.75) is 6.92 Å². The third-order valence-corrected chi connectivity index (χ3v) is 3.32. The molecule has 5 nitrogen and oxygen atoms in total. The second-order valence-corrected chi connectivity index (χ2v) is 5.12. The Morgan fingerprint density at radius 2 is 2.00 bits per heavy atom. The minimum absolute atomic E-state index is 0.301. The van der Waals surface area contributed by atoms with Crippen LogP contribution in [0.2, 0.25) is 5.02 Å². The summed E-state index contributed by atoms with van der Waals surface area (Å²) in [5.41, 5.74) is 7.77. The zero-order valence-corrected chi connectivity index (χ0v) is 12.7. The highest BCUT2D eigenvalue weighted by Gasteiger charge is 2.11. The molecule has 0 atom stereocenters. The van der Waals surface area contributed by atoms with Gasteiger partial charge in [-0.15, -0.1) is 0 Å². The first kappa shape index (κ1) is 15.9. The van der Waals surface area contributed by atoms with Crippen molar-refractivity contribution in [1.29, 1.82) is 0 Å². The van der Waals surface area contributed by atoms with E-state index in [1.54, 1.807) is 36.4 Å². The molecule has 114 valence electrons. The second-order valence-electron chi connectivity index (χ2n) is 4.71. The van der Waals surface area contributed by atoms with Crippen LogP contribution in [0.4, 0.5) is 11.4 Å². The monoisotopic (exact) mass is 318 g/mol. The molecule has 0 aliphatic rings. The highest BCUT2D eigenvalue weighted by Crippen LogP contribution is 2.19. The van der Waals surface area contributed by atoms with Gasteiger partial charge in [-0.2, -0.15) is 0 Å². The first-order valence-corrected chi connectivity index (χ1v) is 6.92. The van der Waals surface area contributed by atoms with Gasteiger partial charge in [0.1, 0.15) is 0 Å². The molecule has 0 bridgehead atoms. The van der Waals surface area contributed by atoms with Gasteiger partial charge in [0, 0.05) is 16.4 Å². The molecule has 0 aliphatic heterocycles. The number of carbonyl (C=O) groups is 2. The molecule has 0 heterocycles. The molecular weight excluding hydrogens is 304 g/mol. The Balaban J connectivity index is 1.90. The number of ether oxygens (including phenoxy) is 1. The lowest BCUT2D eigenvalue weighted by molar-refractivity contribution is -0.119. The second kappa shape index (κ2) is 6.95. The maximum absolute atomic E-state index is 11.8. The molecule has 22 heavy (non-hydrogen) atoms. The molecule has 1 amide bonds. The number of rotatable bonds is 4. The molecule has 0 aromatic heterocycles. The van der Waals surface area contributed by atoms with E-state index in [-0.39, 0.29) is 6.61 Å². The van der Waals surface area contributed by atoms with E-state index in [1.165, 1.54) is 6.07 Å². The quantitative estimate of drug-likeness (QED) is 0.670. The van der Waals surface area contributed by atoms with Crippen LogP contribution in [0.1, 0.15) is 15.9 Å². The SMILES string of the molecule is Cc1cc(NC(=O)COC(=O)c2cccc(N)c2)ccc1Cl. The van der Waals surface area contributed by atoms with Crippen molar-refractivity contribution in [3.63, 3.8) is 0 Å².